The van der Waals surface area contributed by atoms with Crippen molar-refractivity contribution < 1.29 is 50.6 Å². The zero-order chi connectivity index (χ0) is 29.5. The summed E-state index contributed by atoms with van der Waals surface area (Å²) in [4.78, 5) is 47.6. The molecule has 40 heavy (non-hydrogen) atoms. The second kappa shape index (κ2) is 17.4. The normalized spacial score (nSPS) is 12.9. The molecule has 1 aromatic carbocycles. The lowest BCUT2D eigenvalue weighted by Crippen LogP contribution is -2.30. The number of nitrogens with zero attached hydrogens (tertiary/aromatic N) is 1. The summed E-state index contributed by atoms with van der Waals surface area (Å²) in [5, 5.41) is 2.65. The van der Waals surface area contributed by atoms with Gasteiger partial charge in [-0.3, -0.25) is 24.1 Å². The molecule has 1 aliphatic heterocycles. The fourth-order valence-corrected chi connectivity index (χ4v) is 3.89. The van der Waals surface area contributed by atoms with Gasteiger partial charge in [0.1, 0.15) is 0 Å². The van der Waals surface area contributed by atoms with E-state index in [1.165, 1.54) is 17.1 Å². The third-order valence-corrected chi connectivity index (χ3v) is 6.09. The summed E-state index contributed by atoms with van der Waals surface area (Å²) in [5.41, 5.74) is 0. The number of unbranched alkanes of at least 4 members (excludes halogenated alkanes) is 8. The lowest BCUT2D eigenvalue weighted by Gasteiger charge is -2.13. The lowest BCUT2D eigenvalue weighted by atomic mass is 10.1. The van der Waals surface area contributed by atoms with Crippen LogP contribution in [-0.4, -0.2) is 54.9 Å². The van der Waals surface area contributed by atoms with E-state index in [-0.39, 0.29) is 37.5 Å². The first-order valence-electron chi connectivity index (χ1n) is 13.2. The van der Waals surface area contributed by atoms with Gasteiger partial charge in [0.25, 0.3) is 11.8 Å². The van der Waals surface area contributed by atoms with Gasteiger partial charge in [-0.05, 0) is 12.8 Å². The molecule has 3 amide bonds. The maximum Gasteiger partial charge on any atom is 0.313 e. The van der Waals surface area contributed by atoms with Gasteiger partial charge in [-0.1, -0.05) is 44.9 Å². The first kappa shape index (κ1) is 32.9. The predicted molar refractivity (Wildman–Crippen MR) is 132 cm³/mol. The van der Waals surface area contributed by atoms with E-state index in [1.807, 2.05) is 0 Å². The Balaban J connectivity index is 1.40. The van der Waals surface area contributed by atoms with Crippen LogP contribution in [0.3, 0.4) is 0 Å². The highest BCUT2D eigenvalue weighted by molar-refractivity contribution is 6.12. The molecule has 0 saturated heterocycles. The van der Waals surface area contributed by atoms with Crippen molar-refractivity contribution in [2.45, 2.75) is 70.6 Å². The molecule has 1 aliphatic rings. The van der Waals surface area contributed by atoms with Gasteiger partial charge < -0.3 is 14.8 Å². The predicted octanol–water partition coefficient (Wildman–Crippen LogP) is 4.64. The SMILES string of the molecule is O=C(CCCCCCCCCCCN1C(=O)C=CC1=O)NCCOCCC(=O)Oc1c(F)c(F)c(F)c(F)c1F. The van der Waals surface area contributed by atoms with Crippen LogP contribution in [0, 0.1) is 29.1 Å². The first-order chi connectivity index (χ1) is 19.1. The fourth-order valence-electron chi connectivity index (χ4n) is 3.89. The number of amides is 3. The average Bonchev–Trinajstić information content (AvgIpc) is 3.25. The summed E-state index contributed by atoms with van der Waals surface area (Å²) in [7, 11) is 0. The summed E-state index contributed by atoms with van der Waals surface area (Å²) in [6, 6.07) is 0. The number of rotatable bonds is 19. The molecule has 0 unspecified atom stereocenters. The van der Waals surface area contributed by atoms with E-state index in [0.717, 1.165) is 57.8 Å². The molecule has 1 aromatic rings. The highest BCUT2D eigenvalue weighted by Gasteiger charge is 2.28. The van der Waals surface area contributed by atoms with E-state index in [4.69, 9.17) is 4.74 Å². The summed E-state index contributed by atoms with van der Waals surface area (Å²) in [6.45, 7) is 0.425. The van der Waals surface area contributed by atoms with Crippen molar-refractivity contribution in [2.75, 3.05) is 26.3 Å². The minimum atomic E-state index is -2.36. The van der Waals surface area contributed by atoms with Crippen LogP contribution in [0.1, 0.15) is 70.6 Å². The van der Waals surface area contributed by atoms with Crippen LogP contribution in [-0.2, 0) is 23.9 Å². The third-order valence-electron chi connectivity index (χ3n) is 6.09. The number of carbonyl (C=O) groups is 4. The van der Waals surface area contributed by atoms with Crippen LogP contribution in [0.15, 0.2) is 12.2 Å². The molecule has 1 N–H and O–H groups in total. The molecular weight excluding hydrogens is 543 g/mol. The molecule has 0 aliphatic carbocycles. The Morgan fingerprint density at radius 3 is 1.75 bits per heavy atom. The van der Waals surface area contributed by atoms with Crippen molar-refractivity contribution in [2.24, 2.45) is 0 Å². The van der Waals surface area contributed by atoms with Crippen molar-refractivity contribution in [3.8, 4) is 5.75 Å². The monoisotopic (exact) mass is 576 g/mol. The molecule has 0 aromatic heterocycles. The van der Waals surface area contributed by atoms with Crippen molar-refractivity contribution >= 4 is 23.7 Å². The summed E-state index contributed by atoms with van der Waals surface area (Å²) < 4.78 is 75.7. The van der Waals surface area contributed by atoms with Crippen molar-refractivity contribution in [1.82, 2.24) is 10.2 Å². The molecular formula is C27H33F5N2O6. The molecule has 8 nitrogen and oxygen atoms in total. The minimum absolute atomic E-state index is 0.0447. The number of benzene rings is 1. The highest BCUT2D eigenvalue weighted by atomic mass is 19.2. The Morgan fingerprint density at radius 2 is 1.18 bits per heavy atom. The maximum atomic E-state index is 13.5. The quantitative estimate of drug-likeness (QED) is 0.0490. The van der Waals surface area contributed by atoms with Gasteiger partial charge in [0, 0.05) is 31.7 Å². The average molecular weight is 577 g/mol. The largest absolute Gasteiger partial charge is 0.420 e. The Bertz CT molecular complexity index is 1030. The molecule has 0 saturated carbocycles. The van der Waals surface area contributed by atoms with E-state index in [1.54, 1.807) is 0 Å². The van der Waals surface area contributed by atoms with Crippen molar-refractivity contribution in [1.29, 1.82) is 0 Å². The molecule has 222 valence electrons. The van der Waals surface area contributed by atoms with Crippen LogP contribution >= 0.6 is 0 Å². The number of hydrogen-bond donors (Lipinski definition) is 1. The molecule has 2 rings (SSSR count). The molecule has 0 spiro atoms. The van der Waals surface area contributed by atoms with Crippen molar-refractivity contribution in [3.63, 3.8) is 0 Å². The lowest BCUT2D eigenvalue weighted by molar-refractivity contribution is -0.137. The zero-order valence-corrected chi connectivity index (χ0v) is 22.0. The van der Waals surface area contributed by atoms with Gasteiger partial charge in [0.2, 0.25) is 40.7 Å². The van der Waals surface area contributed by atoms with Crippen LogP contribution in [0.4, 0.5) is 22.0 Å². The third kappa shape index (κ3) is 10.7. The standard InChI is InChI=1S/C27H33F5N2O6/c28-22-23(29)25(31)27(26(32)24(22)30)40-21(38)13-16-39-17-14-33-18(35)10-8-6-4-2-1-3-5-7-9-15-34-19(36)11-12-20(34)37/h11-12H,1-10,13-17H2,(H,33,35). The van der Waals surface area contributed by atoms with Gasteiger partial charge in [-0.15, -0.1) is 0 Å². The number of esters is 1. The Labute approximate surface area is 228 Å². The number of nitrogens with one attached hydrogen (secondary N) is 1. The van der Waals surface area contributed by atoms with Gasteiger partial charge in [-0.2, -0.15) is 8.78 Å². The van der Waals surface area contributed by atoms with Gasteiger partial charge in [0.15, 0.2) is 0 Å². The van der Waals surface area contributed by atoms with E-state index >= 15 is 0 Å². The molecule has 0 fully saturated rings. The summed E-state index contributed by atoms with van der Waals surface area (Å²) in [5.74, 6) is -14.8. The number of imide groups is 1. The topological polar surface area (TPSA) is 102 Å². The van der Waals surface area contributed by atoms with Crippen LogP contribution < -0.4 is 10.1 Å². The number of ether oxygens (including phenoxy) is 2. The zero-order valence-electron chi connectivity index (χ0n) is 22.0. The number of hydrogen-bond acceptors (Lipinski definition) is 6. The minimum Gasteiger partial charge on any atom is -0.420 e. The van der Waals surface area contributed by atoms with Crippen LogP contribution in [0.25, 0.3) is 0 Å². The van der Waals surface area contributed by atoms with E-state index in [0.29, 0.717) is 13.0 Å². The fraction of sp³-hybridized carbons (Fsp3) is 0.556. The van der Waals surface area contributed by atoms with Crippen LogP contribution in [0.2, 0.25) is 0 Å². The van der Waals surface area contributed by atoms with E-state index in [2.05, 4.69) is 10.1 Å². The molecule has 0 atom stereocenters. The van der Waals surface area contributed by atoms with E-state index in [9.17, 15) is 41.1 Å². The van der Waals surface area contributed by atoms with Gasteiger partial charge in [-0.25, -0.2) is 13.2 Å². The Kier molecular flexibility index (Phi) is 14.3. The highest BCUT2D eigenvalue weighted by Crippen LogP contribution is 2.29. The summed E-state index contributed by atoms with van der Waals surface area (Å²) >= 11 is 0. The van der Waals surface area contributed by atoms with Crippen LogP contribution in [0.5, 0.6) is 5.75 Å². The molecule has 1 heterocycles. The van der Waals surface area contributed by atoms with Gasteiger partial charge in [0.05, 0.1) is 19.6 Å². The smallest absolute Gasteiger partial charge is 0.313 e. The number of carbonyl (C=O) groups excluding carboxylic acids is 4. The summed E-state index contributed by atoms with van der Waals surface area (Å²) in [6.07, 6.45) is 11.1. The molecule has 13 heteroatoms. The maximum absolute atomic E-state index is 13.5. The second-order valence-electron chi connectivity index (χ2n) is 9.18. The van der Waals surface area contributed by atoms with Gasteiger partial charge >= 0.3 is 5.97 Å². The molecule has 0 bridgehead atoms. The number of halogens is 5. The van der Waals surface area contributed by atoms with E-state index < -0.39 is 47.2 Å². The Morgan fingerprint density at radius 1 is 0.675 bits per heavy atom. The second-order valence-corrected chi connectivity index (χ2v) is 9.18. The molecule has 0 radical (unpaired) electrons. The van der Waals surface area contributed by atoms with Crippen molar-refractivity contribution in [3.05, 3.63) is 41.2 Å². The Hall–Kier alpha value is -3.35. The first-order valence-corrected chi connectivity index (χ1v) is 13.2.